The lowest BCUT2D eigenvalue weighted by Crippen LogP contribution is -2.48. The molecule has 0 aromatic carbocycles. The van der Waals surface area contributed by atoms with Crippen molar-refractivity contribution in [2.45, 2.75) is 38.3 Å². The molecule has 1 heterocycles. The maximum atomic E-state index is 13.1. The predicted octanol–water partition coefficient (Wildman–Crippen LogP) is 1.15. The highest BCUT2D eigenvalue weighted by Crippen LogP contribution is 2.32. The Balaban J connectivity index is 0.00000256. The molecule has 0 radical (unpaired) electrons. The molecular formula is C10H16ClF2N3O. The zero-order valence-corrected chi connectivity index (χ0v) is 10.5. The van der Waals surface area contributed by atoms with E-state index in [4.69, 9.17) is 11.0 Å². The van der Waals surface area contributed by atoms with Gasteiger partial charge < -0.3 is 10.6 Å². The lowest BCUT2D eigenvalue weighted by Gasteiger charge is -2.24. The molecule has 7 heteroatoms. The van der Waals surface area contributed by atoms with E-state index in [2.05, 4.69) is 0 Å². The quantitative estimate of drug-likeness (QED) is 0.816. The highest BCUT2D eigenvalue weighted by atomic mass is 35.5. The number of nitrogens with zero attached hydrogens (tertiary/aromatic N) is 2. The Labute approximate surface area is 105 Å². The van der Waals surface area contributed by atoms with Crippen molar-refractivity contribution >= 4 is 18.3 Å². The number of likely N-dealkylation sites (tertiary alicyclic amines) is 1. The van der Waals surface area contributed by atoms with Gasteiger partial charge in [-0.15, -0.1) is 12.4 Å². The summed E-state index contributed by atoms with van der Waals surface area (Å²) in [7, 11) is 0. The summed E-state index contributed by atoms with van der Waals surface area (Å²) in [6.45, 7) is 2.76. The third kappa shape index (κ3) is 3.51. The van der Waals surface area contributed by atoms with Gasteiger partial charge in [-0.25, -0.2) is 8.78 Å². The average Bonchev–Trinajstić information content (AvgIpc) is 2.51. The Morgan fingerprint density at radius 2 is 2.12 bits per heavy atom. The fourth-order valence-corrected chi connectivity index (χ4v) is 1.64. The molecule has 1 aliphatic heterocycles. The maximum absolute atomic E-state index is 13.1. The first-order chi connectivity index (χ1) is 7.28. The summed E-state index contributed by atoms with van der Waals surface area (Å²) in [6, 6.07) is -0.178. The zero-order chi connectivity index (χ0) is 12.5. The van der Waals surface area contributed by atoms with Gasteiger partial charge in [-0.2, -0.15) is 5.26 Å². The first kappa shape index (κ1) is 16.1. The van der Waals surface area contributed by atoms with Crippen molar-refractivity contribution in [1.29, 1.82) is 5.26 Å². The first-order valence-corrected chi connectivity index (χ1v) is 5.12. The van der Waals surface area contributed by atoms with Crippen molar-refractivity contribution < 1.29 is 13.6 Å². The molecule has 0 saturated carbocycles. The monoisotopic (exact) mass is 267 g/mol. The summed E-state index contributed by atoms with van der Waals surface area (Å²) in [5.74, 6) is -3.69. The van der Waals surface area contributed by atoms with Gasteiger partial charge in [-0.1, -0.05) is 13.8 Å². The minimum Gasteiger partial charge on any atom is -0.320 e. The molecule has 0 aliphatic carbocycles. The number of nitrogens with two attached hydrogens (primary N) is 1. The molecule has 1 rings (SSSR count). The summed E-state index contributed by atoms with van der Waals surface area (Å²) >= 11 is 0. The van der Waals surface area contributed by atoms with Crippen LogP contribution >= 0.6 is 12.4 Å². The van der Waals surface area contributed by atoms with Crippen molar-refractivity contribution in [3.05, 3.63) is 0 Å². The molecule has 4 nitrogen and oxygen atoms in total. The van der Waals surface area contributed by atoms with Crippen LogP contribution in [0.3, 0.4) is 0 Å². The predicted molar refractivity (Wildman–Crippen MR) is 60.7 cm³/mol. The van der Waals surface area contributed by atoms with E-state index in [1.807, 2.05) is 0 Å². The number of carbonyl (C=O) groups is 1. The van der Waals surface area contributed by atoms with E-state index < -0.39 is 36.9 Å². The molecule has 1 fully saturated rings. The molecule has 2 atom stereocenters. The molecule has 0 bridgehead atoms. The molecule has 98 valence electrons. The number of hydrogen-bond acceptors (Lipinski definition) is 3. The van der Waals surface area contributed by atoms with Crippen LogP contribution in [-0.4, -0.2) is 35.4 Å². The summed E-state index contributed by atoms with van der Waals surface area (Å²) in [5, 5.41) is 8.72. The Hall–Kier alpha value is -0.930. The SMILES string of the molecule is CC(C)[C@H](N)C(=O)N1CC(F)(F)CC1C#N.Cl. The lowest BCUT2D eigenvalue weighted by molar-refractivity contribution is -0.134. The van der Waals surface area contributed by atoms with Gasteiger partial charge in [-0.3, -0.25) is 4.79 Å². The van der Waals surface area contributed by atoms with E-state index >= 15 is 0 Å². The Kier molecular flexibility index (Phi) is 5.30. The van der Waals surface area contributed by atoms with Gasteiger partial charge >= 0.3 is 0 Å². The summed E-state index contributed by atoms with van der Waals surface area (Å²) in [6.07, 6.45) is -0.597. The van der Waals surface area contributed by atoms with Gasteiger partial charge in [0.1, 0.15) is 6.04 Å². The van der Waals surface area contributed by atoms with Crippen molar-refractivity contribution in [2.75, 3.05) is 6.54 Å². The van der Waals surface area contributed by atoms with Crippen LogP contribution in [0, 0.1) is 17.2 Å². The van der Waals surface area contributed by atoms with E-state index in [1.54, 1.807) is 19.9 Å². The van der Waals surface area contributed by atoms with E-state index in [9.17, 15) is 13.6 Å². The number of nitriles is 1. The molecule has 1 aliphatic rings. The topological polar surface area (TPSA) is 70.1 Å². The molecule has 1 amide bonds. The fraction of sp³-hybridized carbons (Fsp3) is 0.800. The van der Waals surface area contributed by atoms with E-state index in [0.717, 1.165) is 4.90 Å². The highest BCUT2D eigenvalue weighted by molar-refractivity contribution is 5.85. The van der Waals surface area contributed by atoms with Crippen LogP contribution in [0.25, 0.3) is 0 Å². The summed E-state index contributed by atoms with van der Waals surface area (Å²) in [4.78, 5) is 12.7. The molecule has 0 spiro atoms. The van der Waals surface area contributed by atoms with Gasteiger partial charge in [0.25, 0.3) is 5.92 Å². The third-order valence-electron chi connectivity index (χ3n) is 2.71. The van der Waals surface area contributed by atoms with Crippen LogP contribution in [0.5, 0.6) is 0 Å². The Morgan fingerprint density at radius 3 is 2.53 bits per heavy atom. The second kappa shape index (κ2) is 5.61. The summed E-state index contributed by atoms with van der Waals surface area (Å²) < 4.78 is 26.1. The van der Waals surface area contributed by atoms with E-state index in [1.165, 1.54) is 0 Å². The van der Waals surface area contributed by atoms with Crippen LogP contribution in [-0.2, 0) is 4.79 Å². The first-order valence-electron chi connectivity index (χ1n) is 5.12. The smallest absolute Gasteiger partial charge is 0.268 e. The van der Waals surface area contributed by atoms with Crippen LogP contribution in [0.15, 0.2) is 0 Å². The number of halogens is 3. The van der Waals surface area contributed by atoms with Crippen molar-refractivity contribution in [2.24, 2.45) is 11.7 Å². The fourth-order valence-electron chi connectivity index (χ4n) is 1.64. The van der Waals surface area contributed by atoms with Crippen LogP contribution in [0.1, 0.15) is 20.3 Å². The van der Waals surface area contributed by atoms with Crippen molar-refractivity contribution in [1.82, 2.24) is 4.90 Å². The minimum atomic E-state index is -2.98. The van der Waals surface area contributed by atoms with Crippen LogP contribution < -0.4 is 5.73 Å². The third-order valence-corrected chi connectivity index (χ3v) is 2.71. The molecule has 2 N–H and O–H groups in total. The average molecular weight is 268 g/mol. The minimum absolute atomic E-state index is 0. The second-order valence-electron chi connectivity index (χ2n) is 4.44. The number of rotatable bonds is 2. The number of alkyl halides is 2. The van der Waals surface area contributed by atoms with Gasteiger partial charge in [0.2, 0.25) is 5.91 Å². The van der Waals surface area contributed by atoms with Gasteiger partial charge in [-0.05, 0) is 5.92 Å². The number of hydrogen-bond donors (Lipinski definition) is 1. The van der Waals surface area contributed by atoms with Gasteiger partial charge in [0.15, 0.2) is 0 Å². The van der Waals surface area contributed by atoms with Gasteiger partial charge in [0.05, 0.1) is 18.7 Å². The lowest BCUT2D eigenvalue weighted by atomic mass is 10.0. The normalized spacial score (nSPS) is 24.1. The number of amides is 1. The molecular weight excluding hydrogens is 252 g/mol. The maximum Gasteiger partial charge on any atom is 0.268 e. The molecule has 1 unspecified atom stereocenters. The Morgan fingerprint density at radius 1 is 1.59 bits per heavy atom. The standard InChI is InChI=1S/C10H15F2N3O.ClH/c1-6(2)8(14)9(16)15-5-10(11,12)3-7(15)4-13;/h6-8H,3,5,14H2,1-2H3;1H/t7?,8-;/m0./s1. The van der Waals surface area contributed by atoms with E-state index in [-0.39, 0.29) is 18.3 Å². The van der Waals surface area contributed by atoms with Crippen LogP contribution in [0.4, 0.5) is 8.78 Å². The molecule has 0 aromatic rings. The second-order valence-corrected chi connectivity index (χ2v) is 4.44. The highest BCUT2D eigenvalue weighted by Gasteiger charge is 2.48. The molecule has 0 aromatic heterocycles. The molecule has 17 heavy (non-hydrogen) atoms. The van der Waals surface area contributed by atoms with Gasteiger partial charge in [0, 0.05) is 6.42 Å². The zero-order valence-electron chi connectivity index (χ0n) is 9.69. The van der Waals surface area contributed by atoms with Crippen molar-refractivity contribution in [3.8, 4) is 6.07 Å². The van der Waals surface area contributed by atoms with Crippen molar-refractivity contribution in [3.63, 3.8) is 0 Å². The largest absolute Gasteiger partial charge is 0.320 e. The Bertz CT molecular complexity index is 330. The number of carbonyl (C=O) groups excluding carboxylic acids is 1. The molecule has 1 saturated heterocycles. The summed E-state index contributed by atoms with van der Waals surface area (Å²) in [5.41, 5.74) is 5.60. The van der Waals surface area contributed by atoms with Crippen LogP contribution in [0.2, 0.25) is 0 Å². The van der Waals surface area contributed by atoms with E-state index in [0.29, 0.717) is 0 Å².